The largest absolute Gasteiger partial charge is 0.497 e. The van der Waals surface area contributed by atoms with Crippen molar-refractivity contribution in [3.8, 4) is 5.75 Å². The molecule has 19 heavy (non-hydrogen) atoms. The van der Waals surface area contributed by atoms with Gasteiger partial charge in [0.25, 0.3) is 0 Å². The molecule has 1 aromatic rings. The minimum Gasteiger partial charge on any atom is -0.497 e. The number of nitrogen functional groups attached to an aromatic ring is 1. The Balaban J connectivity index is 2.05. The van der Waals surface area contributed by atoms with Gasteiger partial charge in [0.05, 0.1) is 12.4 Å². The number of likely N-dealkylation sites (tertiary alicyclic amines) is 1. The van der Waals surface area contributed by atoms with Crippen molar-refractivity contribution < 1.29 is 9.53 Å². The monoisotopic (exact) mass is 280 g/mol. The molecular formula is C14H20N2O2S. The molecule has 0 spiro atoms. The lowest BCUT2D eigenvalue weighted by molar-refractivity contribution is -0.129. The summed E-state index contributed by atoms with van der Waals surface area (Å²) in [5.41, 5.74) is 6.63. The molecule has 1 fully saturated rings. The molecule has 104 valence electrons. The molecule has 1 amide bonds. The highest BCUT2D eigenvalue weighted by Gasteiger charge is 2.24. The Morgan fingerprint density at radius 1 is 1.42 bits per heavy atom. The van der Waals surface area contributed by atoms with E-state index in [0.29, 0.717) is 5.69 Å². The summed E-state index contributed by atoms with van der Waals surface area (Å²) in [6, 6.07) is 5.52. The second kappa shape index (κ2) is 6.19. The number of methoxy groups -OCH3 is 1. The standard InChI is InChI=1S/C14H20N2O2S/c1-10(14(17)16-7-3-4-8-16)19-13-9-11(18-2)5-6-12(13)15/h5-6,9-10H,3-4,7-8,15H2,1-2H3. The fraction of sp³-hybridized carbons (Fsp3) is 0.500. The number of nitrogens with zero attached hydrogens (tertiary/aromatic N) is 1. The van der Waals surface area contributed by atoms with E-state index in [9.17, 15) is 4.79 Å². The van der Waals surface area contributed by atoms with Gasteiger partial charge in [-0.2, -0.15) is 0 Å². The highest BCUT2D eigenvalue weighted by atomic mass is 32.2. The molecule has 0 bridgehead atoms. The van der Waals surface area contributed by atoms with Gasteiger partial charge in [0.15, 0.2) is 0 Å². The molecule has 5 heteroatoms. The Labute approximate surface area is 118 Å². The summed E-state index contributed by atoms with van der Waals surface area (Å²) >= 11 is 1.50. The van der Waals surface area contributed by atoms with Crippen LogP contribution in [0.2, 0.25) is 0 Å². The van der Waals surface area contributed by atoms with Crippen molar-refractivity contribution in [3.63, 3.8) is 0 Å². The number of carbonyl (C=O) groups excluding carboxylic acids is 1. The van der Waals surface area contributed by atoms with Gasteiger partial charge in [-0.25, -0.2) is 0 Å². The van der Waals surface area contributed by atoms with Crippen LogP contribution in [0.1, 0.15) is 19.8 Å². The Morgan fingerprint density at radius 3 is 2.74 bits per heavy atom. The van der Waals surface area contributed by atoms with Crippen LogP contribution < -0.4 is 10.5 Å². The molecule has 2 rings (SSSR count). The highest BCUT2D eigenvalue weighted by molar-refractivity contribution is 8.00. The van der Waals surface area contributed by atoms with Crippen LogP contribution in [0.15, 0.2) is 23.1 Å². The fourth-order valence-electron chi connectivity index (χ4n) is 2.18. The molecule has 1 aliphatic rings. The van der Waals surface area contributed by atoms with E-state index in [2.05, 4.69) is 0 Å². The van der Waals surface area contributed by atoms with E-state index < -0.39 is 0 Å². The van der Waals surface area contributed by atoms with Crippen LogP contribution in [-0.2, 0) is 4.79 Å². The van der Waals surface area contributed by atoms with Crippen molar-refractivity contribution in [2.24, 2.45) is 0 Å². The number of anilines is 1. The zero-order valence-corrected chi connectivity index (χ0v) is 12.2. The van der Waals surface area contributed by atoms with Crippen LogP contribution in [0.4, 0.5) is 5.69 Å². The Morgan fingerprint density at radius 2 is 2.11 bits per heavy atom. The maximum absolute atomic E-state index is 12.2. The first-order chi connectivity index (χ1) is 9.11. The maximum atomic E-state index is 12.2. The molecule has 1 saturated heterocycles. The molecule has 0 saturated carbocycles. The van der Waals surface area contributed by atoms with Gasteiger partial charge in [-0.05, 0) is 38.0 Å². The van der Waals surface area contributed by atoms with Crippen molar-refractivity contribution >= 4 is 23.4 Å². The van der Waals surface area contributed by atoms with Gasteiger partial charge in [0, 0.05) is 23.7 Å². The Bertz CT molecular complexity index is 459. The van der Waals surface area contributed by atoms with Gasteiger partial charge in [0.1, 0.15) is 5.75 Å². The summed E-state index contributed by atoms with van der Waals surface area (Å²) in [5, 5.41) is -0.118. The molecule has 2 N–H and O–H groups in total. The first-order valence-corrected chi connectivity index (χ1v) is 7.38. The number of hydrogen-bond acceptors (Lipinski definition) is 4. The lowest BCUT2D eigenvalue weighted by atomic mass is 10.3. The van der Waals surface area contributed by atoms with Gasteiger partial charge in [-0.1, -0.05) is 0 Å². The molecule has 0 radical (unpaired) electrons. The molecule has 1 aromatic carbocycles. The molecule has 1 aliphatic heterocycles. The second-order valence-electron chi connectivity index (χ2n) is 4.70. The van der Waals surface area contributed by atoms with E-state index in [-0.39, 0.29) is 11.2 Å². The third-order valence-electron chi connectivity index (χ3n) is 3.29. The average Bonchev–Trinajstić information content (AvgIpc) is 2.94. The molecular weight excluding hydrogens is 260 g/mol. The molecule has 1 heterocycles. The predicted molar refractivity (Wildman–Crippen MR) is 78.5 cm³/mol. The van der Waals surface area contributed by atoms with Crippen molar-refractivity contribution in [1.82, 2.24) is 4.90 Å². The van der Waals surface area contributed by atoms with Crippen LogP contribution in [0.3, 0.4) is 0 Å². The van der Waals surface area contributed by atoms with Crippen molar-refractivity contribution in [3.05, 3.63) is 18.2 Å². The van der Waals surface area contributed by atoms with Gasteiger partial charge in [-0.15, -0.1) is 11.8 Å². The molecule has 0 aromatic heterocycles. The Hall–Kier alpha value is -1.36. The molecule has 1 atom stereocenters. The number of rotatable bonds is 4. The predicted octanol–water partition coefficient (Wildman–Crippen LogP) is 2.38. The minimum atomic E-state index is -0.118. The minimum absolute atomic E-state index is 0.118. The summed E-state index contributed by atoms with van der Waals surface area (Å²) in [6.07, 6.45) is 2.23. The van der Waals surface area contributed by atoms with Gasteiger partial charge < -0.3 is 15.4 Å². The van der Waals surface area contributed by atoms with E-state index in [1.807, 2.05) is 30.0 Å². The quantitative estimate of drug-likeness (QED) is 0.679. The Kier molecular flexibility index (Phi) is 4.58. The lowest BCUT2D eigenvalue weighted by Crippen LogP contribution is -2.34. The summed E-state index contributed by atoms with van der Waals surface area (Å²) in [4.78, 5) is 15.1. The second-order valence-corrected chi connectivity index (χ2v) is 6.08. The number of benzene rings is 1. The smallest absolute Gasteiger partial charge is 0.235 e. The third-order valence-corrected chi connectivity index (χ3v) is 4.45. The van der Waals surface area contributed by atoms with Crippen molar-refractivity contribution in [2.75, 3.05) is 25.9 Å². The van der Waals surface area contributed by atoms with E-state index >= 15 is 0 Å². The average molecular weight is 280 g/mol. The zero-order valence-electron chi connectivity index (χ0n) is 11.4. The first kappa shape index (κ1) is 14.1. The van der Waals surface area contributed by atoms with Gasteiger partial charge >= 0.3 is 0 Å². The number of amides is 1. The number of nitrogens with two attached hydrogens (primary N) is 1. The summed E-state index contributed by atoms with van der Waals surface area (Å²) < 4.78 is 5.19. The van der Waals surface area contributed by atoms with Crippen LogP contribution in [0, 0.1) is 0 Å². The number of ether oxygens (including phenoxy) is 1. The number of hydrogen-bond donors (Lipinski definition) is 1. The molecule has 4 nitrogen and oxygen atoms in total. The molecule has 1 unspecified atom stereocenters. The van der Waals surface area contributed by atoms with Crippen molar-refractivity contribution in [1.29, 1.82) is 0 Å². The van der Waals surface area contributed by atoms with E-state index in [1.165, 1.54) is 11.8 Å². The topological polar surface area (TPSA) is 55.6 Å². The summed E-state index contributed by atoms with van der Waals surface area (Å²) in [5.74, 6) is 0.960. The van der Waals surface area contributed by atoms with E-state index in [0.717, 1.165) is 36.6 Å². The highest BCUT2D eigenvalue weighted by Crippen LogP contribution is 2.33. The number of thioether (sulfide) groups is 1. The SMILES string of the molecule is COc1ccc(N)c(SC(C)C(=O)N2CCCC2)c1. The first-order valence-electron chi connectivity index (χ1n) is 6.51. The normalized spacial score (nSPS) is 16.4. The van der Waals surface area contributed by atoms with Crippen LogP contribution in [0.25, 0.3) is 0 Å². The van der Waals surface area contributed by atoms with Crippen LogP contribution >= 0.6 is 11.8 Å². The lowest BCUT2D eigenvalue weighted by Gasteiger charge is -2.20. The number of carbonyl (C=O) groups is 1. The van der Waals surface area contributed by atoms with Crippen LogP contribution in [-0.4, -0.2) is 36.3 Å². The summed E-state index contributed by atoms with van der Waals surface area (Å²) in [7, 11) is 1.62. The zero-order chi connectivity index (χ0) is 13.8. The van der Waals surface area contributed by atoms with E-state index in [1.54, 1.807) is 7.11 Å². The van der Waals surface area contributed by atoms with Gasteiger partial charge in [0.2, 0.25) is 5.91 Å². The third kappa shape index (κ3) is 3.35. The van der Waals surface area contributed by atoms with Crippen molar-refractivity contribution in [2.45, 2.75) is 29.9 Å². The van der Waals surface area contributed by atoms with Gasteiger partial charge in [-0.3, -0.25) is 4.79 Å². The maximum Gasteiger partial charge on any atom is 0.235 e. The fourth-order valence-corrected chi connectivity index (χ4v) is 3.20. The van der Waals surface area contributed by atoms with E-state index in [4.69, 9.17) is 10.5 Å². The summed E-state index contributed by atoms with van der Waals surface area (Å²) in [6.45, 7) is 3.71. The van der Waals surface area contributed by atoms with Crippen LogP contribution in [0.5, 0.6) is 5.75 Å². The molecule has 0 aliphatic carbocycles.